The van der Waals surface area contributed by atoms with E-state index in [0.29, 0.717) is 6.61 Å². The summed E-state index contributed by atoms with van der Waals surface area (Å²) in [7, 11) is 0. The van der Waals surface area contributed by atoms with Crippen molar-refractivity contribution in [3.8, 4) is 0 Å². The fraction of sp³-hybridized carbons (Fsp3) is 0.833. The molecule has 0 spiro atoms. The third kappa shape index (κ3) is 7.64. The zero-order valence-electron chi connectivity index (χ0n) is 6.82. The minimum atomic E-state index is -2.39. The van der Waals surface area contributed by atoms with Gasteiger partial charge in [0.1, 0.15) is 0 Å². The number of rotatable bonds is 6. The van der Waals surface area contributed by atoms with Crippen LogP contribution in [-0.4, -0.2) is 27.9 Å². The Morgan fingerprint density at radius 3 is 2.75 bits per heavy atom. The maximum atomic E-state index is 10.6. The van der Waals surface area contributed by atoms with Crippen LogP contribution in [0.15, 0.2) is 0 Å². The first-order valence-corrected chi connectivity index (χ1v) is 4.59. The fourth-order valence-corrected chi connectivity index (χ4v) is 0.668. The Hall–Kier alpha value is -0.460. The van der Waals surface area contributed by atoms with Crippen molar-refractivity contribution in [2.24, 2.45) is 0 Å². The summed E-state index contributed by atoms with van der Waals surface area (Å²) in [6.07, 6.45) is 1.72. The first kappa shape index (κ1) is 11.5. The van der Waals surface area contributed by atoms with Crippen LogP contribution in [0.4, 0.5) is 0 Å². The zero-order valence-corrected chi connectivity index (χ0v) is 7.63. The van der Waals surface area contributed by atoms with Gasteiger partial charge in [-0.15, -0.1) is 0 Å². The molecule has 0 radical (unpaired) electrons. The fourth-order valence-electron chi connectivity index (χ4n) is 0.471. The number of ether oxygens (including phenoxy) is 1. The van der Waals surface area contributed by atoms with E-state index in [2.05, 4.69) is 8.92 Å². The molecule has 0 aromatic heterocycles. The Balaban J connectivity index is 3.28. The Bertz CT molecular complexity index is 158. The largest absolute Gasteiger partial charge is 0.464 e. The Morgan fingerprint density at radius 2 is 2.25 bits per heavy atom. The van der Waals surface area contributed by atoms with E-state index in [1.54, 1.807) is 0 Å². The average molecular weight is 196 g/mol. The molecule has 1 atom stereocenters. The molecule has 0 amide bonds. The lowest BCUT2D eigenvalue weighted by molar-refractivity contribution is -0.146. The van der Waals surface area contributed by atoms with Gasteiger partial charge in [0.05, 0.1) is 6.61 Å². The Kier molecular flexibility index (Phi) is 6.93. The lowest BCUT2D eigenvalue weighted by atomic mass is 10.4. The molecular weight excluding hydrogens is 184 g/mol. The van der Waals surface area contributed by atoms with E-state index in [1.807, 2.05) is 6.92 Å². The summed E-state index contributed by atoms with van der Waals surface area (Å²) in [5.74, 6) is -0.620. The van der Waals surface area contributed by atoms with Gasteiger partial charge in [-0.3, -0.25) is 8.74 Å². The maximum absolute atomic E-state index is 10.6. The minimum absolute atomic E-state index is 0.330. The van der Waals surface area contributed by atoms with Crippen LogP contribution in [-0.2, 0) is 25.1 Å². The van der Waals surface area contributed by atoms with Crippen LogP contribution in [0.25, 0.3) is 0 Å². The van der Waals surface area contributed by atoms with Gasteiger partial charge in [0.15, 0.2) is 6.61 Å². The van der Waals surface area contributed by atoms with Crippen LogP contribution in [0.2, 0.25) is 0 Å². The summed E-state index contributed by atoms with van der Waals surface area (Å²) in [4.78, 5) is 10.6. The van der Waals surface area contributed by atoms with Crippen LogP contribution < -0.4 is 0 Å². The first-order chi connectivity index (χ1) is 5.66. The second-order valence-electron chi connectivity index (χ2n) is 2.05. The number of esters is 1. The number of unbranched alkanes of at least 4 members (excludes halogenated alkanes) is 1. The second kappa shape index (κ2) is 7.20. The predicted molar refractivity (Wildman–Crippen MR) is 42.6 cm³/mol. The SMILES string of the molecule is CCCCOC(=O)COS(=O)O. The molecule has 0 heterocycles. The van der Waals surface area contributed by atoms with Gasteiger partial charge >= 0.3 is 17.3 Å². The maximum Gasteiger partial charge on any atom is 0.333 e. The Labute approximate surface area is 73.5 Å². The highest BCUT2D eigenvalue weighted by atomic mass is 32.2. The molecule has 0 rings (SSSR count). The molecule has 0 saturated heterocycles. The molecule has 72 valence electrons. The molecule has 12 heavy (non-hydrogen) atoms. The average Bonchev–Trinajstić information content (AvgIpc) is 2.01. The minimum Gasteiger partial charge on any atom is -0.464 e. The molecule has 0 aromatic rings. The van der Waals surface area contributed by atoms with Gasteiger partial charge < -0.3 is 4.74 Å². The molecule has 5 nitrogen and oxygen atoms in total. The molecule has 6 heteroatoms. The summed E-state index contributed by atoms with van der Waals surface area (Å²) in [6.45, 7) is 1.82. The van der Waals surface area contributed by atoms with E-state index < -0.39 is 23.9 Å². The van der Waals surface area contributed by atoms with Gasteiger partial charge in [-0.1, -0.05) is 13.3 Å². The number of carbonyl (C=O) groups is 1. The van der Waals surface area contributed by atoms with Gasteiger partial charge in [0.2, 0.25) is 0 Å². The standard InChI is InChI=1S/C6H12O5S/c1-2-3-4-10-6(7)5-11-12(8)9/h2-5H2,1H3,(H,8,9). The van der Waals surface area contributed by atoms with Crippen molar-refractivity contribution in [3.05, 3.63) is 0 Å². The highest BCUT2D eigenvalue weighted by molar-refractivity contribution is 7.74. The zero-order chi connectivity index (χ0) is 9.40. The molecule has 0 aliphatic heterocycles. The van der Waals surface area contributed by atoms with Crippen LogP contribution >= 0.6 is 0 Å². The van der Waals surface area contributed by atoms with Crippen LogP contribution in [0.1, 0.15) is 19.8 Å². The third-order valence-electron chi connectivity index (χ3n) is 1.04. The predicted octanol–water partition coefficient (Wildman–Crippen LogP) is 0.483. The van der Waals surface area contributed by atoms with Crippen molar-refractivity contribution in [1.29, 1.82) is 0 Å². The van der Waals surface area contributed by atoms with E-state index in [4.69, 9.17) is 4.55 Å². The summed E-state index contributed by atoms with van der Waals surface area (Å²) in [5, 5.41) is 0. The highest BCUT2D eigenvalue weighted by Crippen LogP contribution is 1.89. The Morgan fingerprint density at radius 1 is 1.58 bits per heavy atom. The third-order valence-corrected chi connectivity index (χ3v) is 1.36. The van der Waals surface area contributed by atoms with Gasteiger partial charge in [0, 0.05) is 0 Å². The molecular formula is C6H12O5S. The topological polar surface area (TPSA) is 72.8 Å². The van der Waals surface area contributed by atoms with Gasteiger partial charge in [-0.05, 0) is 6.42 Å². The van der Waals surface area contributed by atoms with Gasteiger partial charge in [-0.25, -0.2) is 4.79 Å². The van der Waals surface area contributed by atoms with E-state index in [1.165, 1.54) is 0 Å². The summed E-state index contributed by atoms with van der Waals surface area (Å²) >= 11 is -2.39. The molecule has 0 aliphatic carbocycles. The van der Waals surface area contributed by atoms with Crippen molar-refractivity contribution in [1.82, 2.24) is 0 Å². The van der Waals surface area contributed by atoms with Crippen LogP contribution in [0.3, 0.4) is 0 Å². The van der Waals surface area contributed by atoms with Gasteiger partial charge in [-0.2, -0.15) is 4.21 Å². The van der Waals surface area contributed by atoms with E-state index >= 15 is 0 Å². The van der Waals surface area contributed by atoms with Crippen LogP contribution in [0.5, 0.6) is 0 Å². The van der Waals surface area contributed by atoms with Gasteiger partial charge in [0.25, 0.3) is 0 Å². The molecule has 0 aromatic carbocycles. The first-order valence-electron chi connectivity index (χ1n) is 3.56. The molecule has 1 N–H and O–H groups in total. The van der Waals surface area contributed by atoms with Crippen molar-refractivity contribution >= 4 is 17.3 Å². The number of hydrogen-bond donors (Lipinski definition) is 1. The number of hydrogen-bond acceptors (Lipinski definition) is 4. The van der Waals surface area contributed by atoms with Crippen molar-refractivity contribution < 1.29 is 22.5 Å². The van der Waals surface area contributed by atoms with E-state index in [-0.39, 0.29) is 0 Å². The van der Waals surface area contributed by atoms with Crippen LogP contribution in [0, 0.1) is 0 Å². The lowest BCUT2D eigenvalue weighted by Crippen LogP contribution is -2.14. The summed E-state index contributed by atoms with van der Waals surface area (Å²) in [5.41, 5.74) is 0. The smallest absolute Gasteiger partial charge is 0.333 e. The molecule has 0 aliphatic rings. The lowest BCUT2D eigenvalue weighted by Gasteiger charge is -2.01. The summed E-state index contributed by atoms with van der Waals surface area (Å²) < 4.78 is 26.7. The molecule has 0 fully saturated rings. The van der Waals surface area contributed by atoms with Crippen molar-refractivity contribution in [2.75, 3.05) is 13.2 Å². The summed E-state index contributed by atoms with van der Waals surface area (Å²) in [6, 6.07) is 0. The number of carbonyl (C=O) groups excluding carboxylic acids is 1. The van der Waals surface area contributed by atoms with Crippen molar-refractivity contribution in [3.63, 3.8) is 0 Å². The quantitative estimate of drug-likeness (QED) is 0.380. The normalized spacial score (nSPS) is 12.5. The molecule has 0 saturated carbocycles. The van der Waals surface area contributed by atoms with E-state index in [0.717, 1.165) is 12.8 Å². The van der Waals surface area contributed by atoms with E-state index in [9.17, 15) is 9.00 Å². The second-order valence-corrected chi connectivity index (χ2v) is 2.72. The molecule has 0 bridgehead atoms. The highest BCUT2D eigenvalue weighted by Gasteiger charge is 2.04. The molecule has 1 unspecified atom stereocenters. The van der Waals surface area contributed by atoms with Crippen molar-refractivity contribution in [2.45, 2.75) is 19.8 Å². The monoisotopic (exact) mass is 196 g/mol.